The van der Waals surface area contributed by atoms with E-state index in [1.807, 2.05) is 0 Å². The number of nitrogens with two attached hydrogens (primary N) is 1. The van der Waals surface area contributed by atoms with E-state index >= 15 is 0 Å². The maximum absolute atomic E-state index is 12.7. The van der Waals surface area contributed by atoms with Crippen molar-refractivity contribution in [1.29, 1.82) is 0 Å². The molecule has 0 saturated carbocycles. The molecule has 0 spiro atoms. The molecule has 0 radical (unpaired) electrons. The number of halogens is 3. The molecule has 94 valence electrons. The smallest absolute Gasteiger partial charge is 0.416 e. The summed E-state index contributed by atoms with van der Waals surface area (Å²) in [6.45, 7) is 0. The maximum Gasteiger partial charge on any atom is 0.416 e. The normalized spacial score (nSPS) is 13.2. The summed E-state index contributed by atoms with van der Waals surface area (Å²) in [4.78, 5) is 11.0. The van der Waals surface area contributed by atoms with Crippen LogP contribution in [0.1, 0.15) is 23.6 Å². The molecule has 2 N–H and O–H groups in total. The number of esters is 1. The van der Waals surface area contributed by atoms with Crippen LogP contribution in [0, 0.1) is 0 Å². The van der Waals surface area contributed by atoms with E-state index in [0.717, 1.165) is 13.2 Å². The lowest BCUT2D eigenvalue weighted by molar-refractivity contribution is -0.142. The lowest BCUT2D eigenvalue weighted by Gasteiger charge is -2.17. The fourth-order valence-electron chi connectivity index (χ4n) is 1.45. The first-order valence-corrected chi connectivity index (χ1v) is 4.84. The fourth-order valence-corrected chi connectivity index (χ4v) is 1.45. The van der Waals surface area contributed by atoms with Gasteiger partial charge in [-0.15, -0.1) is 0 Å². The molecule has 17 heavy (non-hydrogen) atoms. The molecule has 6 heteroatoms. The van der Waals surface area contributed by atoms with Crippen LogP contribution in [0.15, 0.2) is 24.3 Å². The van der Waals surface area contributed by atoms with Crippen molar-refractivity contribution in [2.75, 3.05) is 7.11 Å². The van der Waals surface area contributed by atoms with Gasteiger partial charge in [0.15, 0.2) is 0 Å². The monoisotopic (exact) mass is 247 g/mol. The van der Waals surface area contributed by atoms with Crippen molar-refractivity contribution in [2.24, 2.45) is 5.73 Å². The average molecular weight is 247 g/mol. The topological polar surface area (TPSA) is 52.3 Å². The second-order valence-electron chi connectivity index (χ2n) is 3.47. The zero-order valence-electron chi connectivity index (χ0n) is 9.12. The summed E-state index contributed by atoms with van der Waals surface area (Å²) in [6, 6.07) is 3.89. The van der Waals surface area contributed by atoms with E-state index in [1.165, 1.54) is 18.2 Å². The van der Waals surface area contributed by atoms with Crippen LogP contribution in [0.4, 0.5) is 13.2 Å². The second-order valence-corrected chi connectivity index (χ2v) is 3.47. The third kappa shape index (κ3) is 3.45. The molecule has 0 aliphatic rings. The average Bonchev–Trinajstić information content (AvgIpc) is 2.27. The zero-order chi connectivity index (χ0) is 13.1. The van der Waals surface area contributed by atoms with E-state index < -0.39 is 23.8 Å². The highest BCUT2D eigenvalue weighted by atomic mass is 19.4. The van der Waals surface area contributed by atoms with Crippen molar-refractivity contribution in [3.63, 3.8) is 0 Å². The van der Waals surface area contributed by atoms with Crippen molar-refractivity contribution in [3.8, 4) is 0 Å². The van der Waals surface area contributed by atoms with E-state index in [0.29, 0.717) is 0 Å². The Labute approximate surface area is 96.4 Å². The molecule has 0 heterocycles. The molecule has 0 aliphatic heterocycles. The minimum Gasteiger partial charge on any atom is -0.469 e. The van der Waals surface area contributed by atoms with Crippen molar-refractivity contribution in [1.82, 2.24) is 0 Å². The third-order valence-corrected chi connectivity index (χ3v) is 2.28. The standard InChI is InChI=1S/C11H12F3NO2/c1-17-10(16)6-9(15)7-4-2-3-5-8(7)11(12,13)14/h2-5,9H,6,15H2,1H3. The molecule has 1 atom stereocenters. The summed E-state index contributed by atoms with van der Waals surface area (Å²) in [5.74, 6) is -0.644. The van der Waals surface area contributed by atoms with Gasteiger partial charge < -0.3 is 10.5 Å². The molecule has 1 aromatic rings. The quantitative estimate of drug-likeness (QED) is 0.833. The number of rotatable bonds is 3. The van der Waals surface area contributed by atoms with E-state index in [-0.39, 0.29) is 12.0 Å². The number of benzene rings is 1. The Balaban J connectivity index is 3.01. The highest BCUT2D eigenvalue weighted by molar-refractivity contribution is 5.70. The summed E-state index contributed by atoms with van der Waals surface area (Å²) >= 11 is 0. The summed E-state index contributed by atoms with van der Waals surface area (Å²) < 4.78 is 42.3. The molecular formula is C11H12F3NO2. The number of alkyl halides is 3. The highest BCUT2D eigenvalue weighted by Gasteiger charge is 2.34. The van der Waals surface area contributed by atoms with Gasteiger partial charge in [-0.1, -0.05) is 18.2 Å². The molecule has 3 nitrogen and oxygen atoms in total. The Morgan fingerprint density at radius 1 is 1.41 bits per heavy atom. The van der Waals surface area contributed by atoms with Crippen LogP contribution in [-0.4, -0.2) is 13.1 Å². The molecule has 0 aliphatic carbocycles. The first-order chi connectivity index (χ1) is 7.86. The van der Waals surface area contributed by atoms with Crippen molar-refractivity contribution < 1.29 is 22.7 Å². The number of ether oxygens (including phenoxy) is 1. The van der Waals surface area contributed by atoms with Gasteiger partial charge in [-0.2, -0.15) is 13.2 Å². The molecule has 1 rings (SSSR count). The zero-order valence-corrected chi connectivity index (χ0v) is 9.12. The van der Waals surface area contributed by atoms with Crippen LogP contribution in [0.25, 0.3) is 0 Å². The van der Waals surface area contributed by atoms with Gasteiger partial charge in [0.1, 0.15) is 0 Å². The summed E-state index contributed by atoms with van der Waals surface area (Å²) in [6.07, 6.45) is -4.77. The summed E-state index contributed by atoms with van der Waals surface area (Å²) in [5, 5.41) is 0. The Kier molecular flexibility index (Phi) is 4.11. The van der Waals surface area contributed by atoms with Crippen molar-refractivity contribution >= 4 is 5.97 Å². The summed E-state index contributed by atoms with van der Waals surface area (Å²) in [5.41, 5.74) is 4.64. The Hall–Kier alpha value is -1.56. The first-order valence-electron chi connectivity index (χ1n) is 4.84. The van der Waals surface area contributed by atoms with Gasteiger partial charge in [0.25, 0.3) is 0 Å². The van der Waals surface area contributed by atoms with Crippen LogP contribution in [-0.2, 0) is 15.7 Å². The second kappa shape index (κ2) is 5.18. The molecule has 0 aromatic heterocycles. The molecule has 0 fully saturated rings. The van der Waals surface area contributed by atoms with E-state index in [2.05, 4.69) is 4.74 Å². The van der Waals surface area contributed by atoms with Gasteiger partial charge in [0.2, 0.25) is 0 Å². The minimum atomic E-state index is -4.48. The number of hydrogen-bond donors (Lipinski definition) is 1. The van der Waals surface area contributed by atoms with Gasteiger partial charge in [-0.05, 0) is 11.6 Å². The number of carbonyl (C=O) groups excluding carboxylic acids is 1. The van der Waals surface area contributed by atoms with Crippen LogP contribution < -0.4 is 5.73 Å². The largest absolute Gasteiger partial charge is 0.469 e. The number of hydrogen-bond acceptors (Lipinski definition) is 3. The third-order valence-electron chi connectivity index (χ3n) is 2.28. The van der Waals surface area contributed by atoms with Crippen LogP contribution in [0.3, 0.4) is 0 Å². The number of methoxy groups -OCH3 is 1. The van der Waals surface area contributed by atoms with Crippen LogP contribution in [0.5, 0.6) is 0 Å². The van der Waals surface area contributed by atoms with Gasteiger partial charge in [0.05, 0.1) is 19.1 Å². The van der Waals surface area contributed by atoms with Crippen LogP contribution >= 0.6 is 0 Å². The molecule has 0 saturated heterocycles. The molecule has 1 aromatic carbocycles. The van der Waals surface area contributed by atoms with E-state index in [4.69, 9.17) is 5.73 Å². The van der Waals surface area contributed by atoms with Gasteiger partial charge >= 0.3 is 12.1 Å². The summed E-state index contributed by atoms with van der Waals surface area (Å²) in [7, 11) is 1.16. The Bertz CT molecular complexity index is 404. The lowest BCUT2D eigenvalue weighted by Crippen LogP contribution is -2.20. The van der Waals surface area contributed by atoms with Gasteiger partial charge in [-0.25, -0.2) is 0 Å². The van der Waals surface area contributed by atoms with E-state index in [9.17, 15) is 18.0 Å². The molecule has 0 amide bonds. The predicted molar refractivity (Wildman–Crippen MR) is 55.0 cm³/mol. The lowest BCUT2D eigenvalue weighted by atomic mass is 9.98. The number of carbonyl (C=O) groups is 1. The molecule has 0 bridgehead atoms. The van der Waals surface area contributed by atoms with Crippen LogP contribution in [0.2, 0.25) is 0 Å². The van der Waals surface area contributed by atoms with E-state index in [1.54, 1.807) is 0 Å². The molecule has 1 unspecified atom stereocenters. The SMILES string of the molecule is COC(=O)CC(N)c1ccccc1C(F)(F)F. The first kappa shape index (κ1) is 13.5. The Morgan fingerprint density at radius 2 is 2.00 bits per heavy atom. The van der Waals surface area contributed by atoms with Crippen molar-refractivity contribution in [3.05, 3.63) is 35.4 Å². The molecular weight excluding hydrogens is 235 g/mol. The van der Waals surface area contributed by atoms with Gasteiger partial charge in [-0.3, -0.25) is 4.79 Å². The van der Waals surface area contributed by atoms with Crippen molar-refractivity contribution in [2.45, 2.75) is 18.6 Å². The fraction of sp³-hybridized carbons (Fsp3) is 0.364. The highest BCUT2D eigenvalue weighted by Crippen LogP contribution is 2.34. The Morgan fingerprint density at radius 3 is 2.53 bits per heavy atom. The van der Waals surface area contributed by atoms with Gasteiger partial charge in [0, 0.05) is 6.04 Å². The minimum absolute atomic E-state index is 0.106. The maximum atomic E-state index is 12.7. The predicted octanol–water partition coefficient (Wildman–Crippen LogP) is 2.27.